The number of aromatic nitrogens is 13. The van der Waals surface area contributed by atoms with Gasteiger partial charge in [0.15, 0.2) is 0 Å². The summed E-state index contributed by atoms with van der Waals surface area (Å²) in [7, 11) is 0. The fourth-order valence-electron chi connectivity index (χ4n) is 16.9. The summed E-state index contributed by atoms with van der Waals surface area (Å²) in [4.78, 5) is 50.3. The molecule has 0 bridgehead atoms. The zero-order valence-corrected chi connectivity index (χ0v) is 89.8. The molecule has 2 atom stereocenters. The summed E-state index contributed by atoms with van der Waals surface area (Å²) in [5, 5.41) is 43.8. The molecule has 24 aromatic rings. The van der Waals surface area contributed by atoms with Gasteiger partial charge < -0.3 is 45.2 Å². The second kappa shape index (κ2) is 47.0. The number of pyridine rings is 2. The Morgan fingerprint density at radius 3 is 0.819 bits per heavy atom. The van der Waals surface area contributed by atoms with Gasteiger partial charge >= 0.3 is 6.18 Å². The number of alkyl halides is 3. The number of halogens is 3. The van der Waals surface area contributed by atoms with Gasteiger partial charge in [0.25, 0.3) is 0 Å². The Hall–Kier alpha value is -14.1. The van der Waals surface area contributed by atoms with Crippen molar-refractivity contribution in [2.45, 2.75) is 94.0 Å². The van der Waals surface area contributed by atoms with Crippen molar-refractivity contribution >= 4 is 130 Å². The summed E-state index contributed by atoms with van der Waals surface area (Å²) in [6, 6.07) is 126. The zero-order valence-electron chi connectivity index (χ0n) is 80.2. The zero-order chi connectivity index (χ0) is 97.2. The summed E-state index contributed by atoms with van der Waals surface area (Å²) < 4.78 is 36.4. The summed E-state index contributed by atoms with van der Waals surface area (Å²) in [5.41, 5.74) is 22.2. The molecule has 22 heteroatoms. The Morgan fingerprint density at radius 2 is 0.556 bits per heavy atom. The summed E-state index contributed by atoms with van der Waals surface area (Å²) in [5.74, 6) is -1.37. The van der Waals surface area contributed by atoms with Gasteiger partial charge in [-0.15, -0.1) is 155 Å². The van der Waals surface area contributed by atoms with E-state index in [1.165, 1.54) is 77.6 Å². The molecule has 144 heavy (non-hydrogen) atoms. The van der Waals surface area contributed by atoms with Gasteiger partial charge in [-0.25, -0.2) is 0 Å². The molecule has 0 saturated heterocycles. The minimum atomic E-state index is -4.57. The maximum absolute atomic E-state index is 12.1. The van der Waals surface area contributed by atoms with E-state index in [2.05, 4.69) is 302 Å². The van der Waals surface area contributed by atoms with E-state index in [4.69, 9.17) is 39.9 Å². The van der Waals surface area contributed by atoms with E-state index < -0.39 is 24.2 Å². The largest absolute Gasteiger partial charge is 0.429 e. The second-order valence-corrected chi connectivity index (χ2v) is 36.5. The van der Waals surface area contributed by atoms with Crippen molar-refractivity contribution in [3.63, 3.8) is 0 Å². The van der Waals surface area contributed by atoms with Gasteiger partial charge in [-0.3, -0.25) is 30.0 Å². The van der Waals surface area contributed by atoms with Gasteiger partial charge in [0.2, 0.25) is 0 Å². The first-order chi connectivity index (χ1) is 67.8. The van der Waals surface area contributed by atoms with Crippen LogP contribution in [0.2, 0.25) is 0 Å². The molecule has 0 aliphatic heterocycles. The third-order valence-corrected chi connectivity index (χ3v) is 24.3. The number of aryl methyl sites for hydroxylation is 4. The maximum Gasteiger partial charge on any atom is 0.429 e. The van der Waals surface area contributed by atoms with E-state index in [1.807, 2.05) is 157 Å². The quantitative estimate of drug-likeness (QED) is 0.107. The number of aliphatic hydroxyl groups excluding tert-OH is 2. The Bertz CT molecular complexity index is 7640. The van der Waals surface area contributed by atoms with Crippen LogP contribution in [0.3, 0.4) is 0 Å². The minimum Gasteiger partial charge on any atom is -0.413 e. The van der Waals surface area contributed by atoms with Crippen molar-refractivity contribution in [1.29, 1.82) is 0 Å². The SMILES string of the molecule is CC(C)(C)C(O)CC(O)C(C)(C)C.Cc1cccc(-c2cnc3c4[c-]cccc4c4ccccc4c3n2)c1.Cc1cccc(-c2cnc3c4[c-]cccc4c4ccccc4c3n2)c1.Cc1cccc(-c2cnc3c4[c-]cccc4c4ccccc4c3n2)c1.Cc1cccc(-c2cnc3c4[c-]cccc4c4ccccc4c3n2)c1.FC(F)(F)c1n[n-]c(-c2ccccn2)n1.[Ir].[Ir].[Ir].[Ir].[c-]1ccccc1-c1ccccn1. The van der Waals surface area contributed by atoms with E-state index >= 15 is 0 Å². The molecule has 0 saturated carbocycles. The average Bonchev–Trinajstić information content (AvgIpc) is 0.823. The van der Waals surface area contributed by atoms with Gasteiger partial charge in [0.05, 0.1) is 62.7 Å². The van der Waals surface area contributed by atoms with Crippen molar-refractivity contribution in [3.05, 3.63) is 423 Å². The van der Waals surface area contributed by atoms with Crippen molar-refractivity contribution in [1.82, 2.24) is 65.0 Å². The van der Waals surface area contributed by atoms with Crippen molar-refractivity contribution in [2.75, 3.05) is 0 Å². The standard InChI is InChI=1S/4C23H15N2.C11H8N.C11H24O2.C8H4F3N4.4Ir/c4*1-15-7-6-8-16(13-15)21-14-24-22-19-11-4-2-9-17(19)18-10-3-5-12-20(18)23(22)25-21;1-2-6-10(7-3-1)11-8-4-5-9-12-11;1-10(2,3)8(12)7-9(13)11(4,5)6;9-8(10,11)7-13-6(14-15-7)5-3-1-2-4-12-5;;;;/h4*2-10,12-14H,1H3;1-6,8-9H;8-9,12-13H,7H2,1-6H3;1-4H;;;;/q5*-1;;-1;;;;. The molecule has 0 fully saturated rings. The Labute approximate surface area is 887 Å². The minimum absolute atomic E-state index is 0. The van der Waals surface area contributed by atoms with E-state index in [9.17, 15) is 23.4 Å². The van der Waals surface area contributed by atoms with Crippen LogP contribution in [0.1, 0.15) is 76.0 Å². The monoisotopic (exact) mass is 2600 g/mol. The second-order valence-electron chi connectivity index (χ2n) is 36.5. The normalized spacial score (nSPS) is 11.6. The summed E-state index contributed by atoms with van der Waals surface area (Å²) in [6.45, 7) is 20.2. The fourth-order valence-corrected chi connectivity index (χ4v) is 16.9. The van der Waals surface area contributed by atoms with Crippen LogP contribution in [-0.2, 0) is 86.6 Å². The third kappa shape index (κ3) is 24.0. The van der Waals surface area contributed by atoms with Gasteiger partial charge in [0, 0.05) is 168 Å². The number of nitrogens with zero attached hydrogens (tertiary/aromatic N) is 13. The summed E-state index contributed by atoms with van der Waals surface area (Å²) >= 11 is 0. The summed E-state index contributed by atoms with van der Waals surface area (Å²) in [6.07, 6.45) is 5.70. The topological polar surface area (TPSA) is 209 Å². The molecule has 0 amide bonds. The number of hydrogen-bond acceptors (Lipinski definition) is 14. The fraction of sp³-hybridized carbons (Fsp3) is 0.131. The molecule has 2 unspecified atom stereocenters. The number of benzene rings is 17. The number of aliphatic hydroxyl groups is 2. The van der Waals surface area contributed by atoms with Crippen molar-refractivity contribution < 1.29 is 104 Å². The Kier molecular flexibility index (Phi) is 34.5. The molecule has 7 aromatic heterocycles. The van der Waals surface area contributed by atoms with Crippen LogP contribution < -0.4 is 5.10 Å². The molecule has 0 spiro atoms. The Morgan fingerprint density at radius 1 is 0.278 bits per heavy atom. The van der Waals surface area contributed by atoms with Gasteiger partial charge in [-0.1, -0.05) is 295 Å². The molecule has 4 radical (unpaired) electrons. The van der Waals surface area contributed by atoms with Gasteiger partial charge in [-0.05, 0) is 114 Å². The molecular formula is C122H96F3Ir4N13O2-6. The predicted molar refractivity (Wildman–Crippen MR) is 562 cm³/mol. The van der Waals surface area contributed by atoms with Crippen LogP contribution in [0.25, 0.3) is 198 Å². The molecule has 7 heterocycles. The number of fused-ring (bicyclic) bond motifs is 24. The number of hydrogen-bond donors (Lipinski definition) is 2. The van der Waals surface area contributed by atoms with Gasteiger partial charge in [0.1, 0.15) is 5.82 Å². The molecule has 15 nitrogen and oxygen atoms in total. The number of rotatable bonds is 8. The molecule has 0 aliphatic rings. The first-order valence-electron chi connectivity index (χ1n) is 46.1. The van der Waals surface area contributed by atoms with Crippen LogP contribution in [0.15, 0.2) is 365 Å². The van der Waals surface area contributed by atoms with Crippen molar-refractivity contribution in [2.24, 2.45) is 10.8 Å². The smallest absolute Gasteiger partial charge is 0.413 e. The van der Waals surface area contributed by atoms with Crippen LogP contribution in [0, 0.1) is 68.9 Å². The average molecular weight is 2600 g/mol. The van der Waals surface area contributed by atoms with E-state index in [-0.39, 0.29) is 103 Å². The molecule has 724 valence electrons. The van der Waals surface area contributed by atoms with Crippen LogP contribution in [0.5, 0.6) is 0 Å². The first-order valence-corrected chi connectivity index (χ1v) is 46.1. The molecular weight excluding hydrogens is 2510 g/mol. The van der Waals surface area contributed by atoms with E-state index in [0.29, 0.717) is 6.42 Å². The van der Waals surface area contributed by atoms with Crippen LogP contribution in [-0.4, -0.2) is 82.3 Å². The Balaban J connectivity index is 0.000000135. The third-order valence-electron chi connectivity index (χ3n) is 24.3. The maximum atomic E-state index is 12.1. The molecule has 17 aromatic carbocycles. The molecule has 2 N–H and O–H groups in total. The molecule has 24 rings (SSSR count). The predicted octanol–water partition coefficient (Wildman–Crippen LogP) is 29.1. The van der Waals surface area contributed by atoms with E-state index in [0.717, 1.165) is 144 Å². The van der Waals surface area contributed by atoms with Crippen LogP contribution in [0.4, 0.5) is 13.2 Å². The molecule has 0 aliphatic carbocycles. The van der Waals surface area contributed by atoms with Crippen molar-refractivity contribution in [3.8, 4) is 67.8 Å². The van der Waals surface area contributed by atoms with E-state index in [1.54, 1.807) is 18.3 Å². The van der Waals surface area contributed by atoms with Gasteiger partial charge in [-0.2, -0.15) is 13.2 Å². The first kappa shape index (κ1) is 106. The van der Waals surface area contributed by atoms with Crippen LogP contribution >= 0.6 is 0 Å².